The van der Waals surface area contributed by atoms with Crippen molar-refractivity contribution in [2.45, 2.75) is 16.4 Å². The topological polar surface area (TPSA) is 78.4 Å². The van der Waals surface area contributed by atoms with E-state index in [1.807, 2.05) is 30.3 Å². The zero-order valence-electron chi connectivity index (χ0n) is 16.8. The molecule has 31 heavy (non-hydrogen) atoms. The fourth-order valence-corrected chi connectivity index (χ4v) is 4.62. The van der Waals surface area contributed by atoms with E-state index >= 15 is 0 Å². The Labute approximate surface area is 181 Å². The van der Waals surface area contributed by atoms with Crippen molar-refractivity contribution < 1.29 is 17.9 Å². The van der Waals surface area contributed by atoms with Crippen LogP contribution in [0.2, 0.25) is 0 Å². The molecule has 0 amide bonds. The van der Waals surface area contributed by atoms with Gasteiger partial charge < -0.3 is 9.47 Å². The molecule has 6 nitrogen and oxygen atoms in total. The molecule has 0 N–H and O–H groups in total. The number of benzene rings is 3. The molecule has 0 atom stereocenters. The van der Waals surface area contributed by atoms with Gasteiger partial charge in [-0.3, -0.25) is 9.97 Å². The van der Waals surface area contributed by atoms with Gasteiger partial charge in [0.1, 0.15) is 6.61 Å². The average molecular weight is 433 g/mol. The van der Waals surface area contributed by atoms with E-state index in [1.165, 1.54) is 31.8 Å². The van der Waals surface area contributed by atoms with Crippen molar-refractivity contribution in [2.75, 3.05) is 7.11 Å². The van der Waals surface area contributed by atoms with E-state index < -0.39 is 9.84 Å². The van der Waals surface area contributed by atoms with E-state index in [1.54, 1.807) is 36.4 Å². The number of aromatic nitrogens is 2. The molecule has 0 fully saturated rings. The molecule has 0 saturated carbocycles. The van der Waals surface area contributed by atoms with Crippen LogP contribution in [0.5, 0.6) is 11.5 Å². The summed E-state index contributed by atoms with van der Waals surface area (Å²) in [5, 5.41) is 0. The molecule has 156 valence electrons. The lowest BCUT2D eigenvalue weighted by Gasteiger charge is -2.16. The summed E-state index contributed by atoms with van der Waals surface area (Å²) in [5.74, 6) is 0.733. The summed E-state index contributed by atoms with van der Waals surface area (Å²) < 4.78 is 38.3. The van der Waals surface area contributed by atoms with Gasteiger partial charge in [0.05, 0.1) is 28.8 Å². The Morgan fingerprint density at radius 1 is 0.871 bits per heavy atom. The van der Waals surface area contributed by atoms with E-state index in [-0.39, 0.29) is 9.79 Å². The van der Waals surface area contributed by atoms with E-state index in [0.29, 0.717) is 29.4 Å². The quantitative estimate of drug-likeness (QED) is 0.426. The van der Waals surface area contributed by atoms with Gasteiger partial charge in [0, 0.05) is 24.0 Å². The van der Waals surface area contributed by atoms with Gasteiger partial charge in [-0.2, -0.15) is 0 Å². The monoisotopic (exact) mass is 432 g/mol. The maximum Gasteiger partial charge on any atom is 0.207 e. The highest BCUT2D eigenvalue weighted by Gasteiger charge is 2.26. The van der Waals surface area contributed by atoms with Crippen molar-refractivity contribution >= 4 is 9.84 Å². The molecule has 0 radical (unpaired) electrons. The zero-order chi connectivity index (χ0) is 21.7. The molecule has 0 bridgehead atoms. The normalized spacial score (nSPS) is 11.1. The lowest BCUT2D eigenvalue weighted by Crippen LogP contribution is -2.07. The van der Waals surface area contributed by atoms with Crippen LogP contribution in [0, 0.1) is 0 Å². The van der Waals surface area contributed by atoms with Crippen LogP contribution in [0.4, 0.5) is 0 Å². The van der Waals surface area contributed by atoms with Crippen molar-refractivity contribution in [1.82, 2.24) is 9.97 Å². The van der Waals surface area contributed by atoms with Crippen LogP contribution in [0.1, 0.15) is 5.56 Å². The highest BCUT2D eigenvalue weighted by atomic mass is 32.2. The first-order valence-corrected chi connectivity index (χ1v) is 11.0. The second kappa shape index (κ2) is 8.97. The molecule has 0 aliphatic rings. The lowest BCUT2D eigenvalue weighted by molar-refractivity contribution is 0.284. The molecule has 7 heteroatoms. The smallest absolute Gasteiger partial charge is 0.207 e. The van der Waals surface area contributed by atoms with Crippen LogP contribution < -0.4 is 9.47 Å². The molecule has 3 aromatic carbocycles. The Morgan fingerprint density at radius 3 is 2.23 bits per heavy atom. The fourth-order valence-electron chi connectivity index (χ4n) is 3.14. The number of ether oxygens (including phenoxy) is 2. The minimum Gasteiger partial charge on any atom is -0.493 e. The standard InChI is InChI=1S/C24H20N2O4S/c1-29-22-15-24(31(27,28)19-10-6-3-7-11-19)20(21-16-25-12-13-26-21)14-23(22)30-17-18-8-4-2-5-9-18/h2-16H,17H2,1H3. The van der Waals surface area contributed by atoms with Gasteiger partial charge >= 0.3 is 0 Å². The summed E-state index contributed by atoms with van der Waals surface area (Å²) in [7, 11) is -2.36. The molecule has 0 unspecified atom stereocenters. The third-order valence-electron chi connectivity index (χ3n) is 4.69. The second-order valence-corrected chi connectivity index (χ2v) is 8.60. The van der Waals surface area contributed by atoms with Crippen LogP contribution >= 0.6 is 0 Å². The van der Waals surface area contributed by atoms with Crippen LogP contribution in [0.3, 0.4) is 0 Å². The van der Waals surface area contributed by atoms with Gasteiger partial charge in [-0.05, 0) is 23.8 Å². The molecule has 4 rings (SSSR count). The average Bonchev–Trinajstić information content (AvgIpc) is 2.84. The van der Waals surface area contributed by atoms with Gasteiger partial charge in [0.15, 0.2) is 11.5 Å². The van der Waals surface area contributed by atoms with Gasteiger partial charge in [-0.1, -0.05) is 48.5 Å². The van der Waals surface area contributed by atoms with Crippen molar-refractivity contribution in [3.8, 4) is 22.8 Å². The highest BCUT2D eigenvalue weighted by Crippen LogP contribution is 2.39. The Balaban J connectivity index is 1.85. The first kappa shape index (κ1) is 20.6. The van der Waals surface area contributed by atoms with Gasteiger partial charge in [-0.15, -0.1) is 0 Å². The Morgan fingerprint density at radius 2 is 1.58 bits per heavy atom. The van der Waals surface area contributed by atoms with Gasteiger partial charge in [0.2, 0.25) is 9.84 Å². The Hall–Kier alpha value is -3.71. The molecule has 1 aromatic heterocycles. The van der Waals surface area contributed by atoms with Gasteiger partial charge in [-0.25, -0.2) is 8.42 Å². The first-order valence-electron chi connectivity index (χ1n) is 9.55. The molecule has 0 saturated heterocycles. The molecule has 4 aromatic rings. The summed E-state index contributed by atoms with van der Waals surface area (Å²) in [4.78, 5) is 8.65. The second-order valence-electron chi connectivity index (χ2n) is 6.68. The third-order valence-corrected chi connectivity index (χ3v) is 6.49. The first-order chi connectivity index (χ1) is 15.1. The molecule has 0 spiro atoms. The predicted octanol–water partition coefficient (Wildman–Crippen LogP) is 4.56. The summed E-state index contributed by atoms with van der Waals surface area (Å²) in [6, 6.07) is 21.1. The lowest BCUT2D eigenvalue weighted by atomic mass is 10.1. The number of nitrogens with zero attached hydrogens (tertiary/aromatic N) is 2. The molecule has 1 heterocycles. The number of rotatable bonds is 7. The largest absolute Gasteiger partial charge is 0.493 e. The number of methoxy groups -OCH3 is 1. The van der Waals surface area contributed by atoms with Crippen molar-refractivity contribution in [1.29, 1.82) is 0 Å². The van der Waals surface area contributed by atoms with E-state index in [9.17, 15) is 8.42 Å². The van der Waals surface area contributed by atoms with E-state index in [0.717, 1.165) is 5.56 Å². The van der Waals surface area contributed by atoms with Crippen LogP contribution in [0.15, 0.2) is 101 Å². The van der Waals surface area contributed by atoms with Crippen molar-refractivity contribution in [2.24, 2.45) is 0 Å². The molecular weight excluding hydrogens is 412 g/mol. The number of hydrogen-bond donors (Lipinski definition) is 0. The molecule has 0 aliphatic heterocycles. The maximum absolute atomic E-state index is 13.4. The van der Waals surface area contributed by atoms with E-state index in [4.69, 9.17) is 9.47 Å². The highest BCUT2D eigenvalue weighted by molar-refractivity contribution is 7.91. The molecule has 0 aliphatic carbocycles. The van der Waals surface area contributed by atoms with Crippen molar-refractivity contribution in [3.63, 3.8) is 0 Å². The minimum absolute atomic E-state index is 0.0723. The SMILES string of the molecule is COc1cc(S(=O)(=O)c2ccccc2)c(-c2cnccn2)cc1OCc1ccccc1. The summed E-state index contributed by atoms with van der Waals surface area (Å²) in [6.45, 7) is 0.307. The minimum atomic E-state index is -3.84. The van der Waals surface area contributed by atoms with E-state index in [2.05, 4.69) is 9.97 Å². The van der Waals surface area contributed by atoms with Gasteiger partial charge in [0.25, 0.3) is 0 Å². The fraction of sp³-hybridized carbons (Fsp3) is 0.0833. The maximum atomic E-state index is 13.4. The molecular formula is C24H20N2O4S. The van der Waals surface area contributed by atoms with Crippen molar-refractivity contribution in [3.05, 3.63) is 97.0 Å². The summed E-state index contributed by atoms with van der Waals surface area (Å²) >= 11 is 0. The van der Waals surface area contributed by atoms with Crippen LogP contribution in [-0.2, 0) is 16.4 Å². The zero-order valence-corrected chi connectivity index (χ0v) is 17.6. The third kappa shape index (κ3) is 4.41. The summed E-state index contributed by atoms with van der Waals surface area (Å²) in [5.41, 5.74) is 1.79. The van der Waals surface area contributed by atoms with Crippen LogP contribution in [0.25, 0.3) is 11.3 Å². The van der Waals surface area contributed by atoms with Crippen LogP contribution in [-0.4, -0.2) is 25.5 Å². The number of hydrogen-bond acceptors (Lipinski definition) is 6. The predicted molar refractivity (Wildman–Crippen MR) is 117 cm³/mol. The Kier molecular flexibility index (Phi) is 5.95. The summed E-state index contributed by atoms with van der Waals surface area (Å²) in [6.07, 6.45) is 4.57. The Bertz CT molecular complexity index is 1260. The number of sulfone groups is 1.